The molecular formula is C24H27N5O7. The van der Waals surface area contributed by atoms with Gasteiger partial charge in [0.2, 0.25) is 11.8 Å². The number of benzene rings is 2. The van der Waals surface area contributed by atoms with Crippen LogP contribution in [0.1, 0.15) is 47.8 Å². The molecule has 2 aromatic carbocycles. The Labute approximate surface area is 206 Å². The van der Waals surface area contributed by atoms with Crippen molar-refractivity contribution >= 4 is 18.0 Å². The van der Waals surface area contributed by atoms with Gasteiger partial charge in [-0.2, -0.15) is 0 Å². The van der Waals surface area contributed by atoms with Gasteiger partial charge < -0.3 is 36.1 Å². The van der Waals surface area contributed by atoms with Gasteiger partial charge in [0, 0.05) is 19.3 Å². The lowest BCUT2D eigenvalue weighted by atomic mass is 10.1. The average Bonchev–Trinajstić information content (AvgIpc) is 3.34. The zero-order valence-electron chi connectivity index (χ0n) is 19.2. The van der Waals surface area contributed by atoms with Gasteiger partial charge in [-0.1, -0.05) is 42.5 Å². The van der Waals surface area contributed by atoms with Crippen LogP contribution >= 0.6 is 0 Å². The number of carboxylic acids is 2. The number of phenols is 1. The fourth-order valence-corrected chi connectivity index (χ4v) is 3.42. The summed E-state index contributed by atoms with van der Waals surface area (Å²) in [5, 5.41) is 40.9. The third-order valence-corrected chi connectivity index (χ3v) is 5.31. The highest BCUT2D eigenvalue weighted by molar-refractivity contribution is 5.83. The first kappa shape index (κ1) is 26.2. The molecule has 3 atom stereocenters. The van der Waals surface area contributed by atoms with E-state index in [2.05, 4.69) is 20.8 Å². The van der Waals surface area contributed by atoms with Gasteiger partial charge in [-0.25, -0.2) is 9.59 Å². The fraction of sp³-hybridized carbons (Fsp3) is 0.292. The molecular weight excluding hydrogens is 470 g/mol. The Kier molecular flexibility index (Phi) is 8.95. The van der Waals surface area contributed by atoms with Crippen molar-refractivity contribution in [2.45, 2.75) is 43.8 Å². The predicted octanol–water partition coefficient (Wildman–Crippen LogP) is 1.92. The summed E-state index contributed by atoms with van der Waals surface area (Å²) < 4.78 is 5.64. The SMILES string of the molecule is NC(CCC(=O)O)c1nnc([C@H](Cc2ccc(O)cc2)NC(=O)NC(Cc2ccccc2)C(=O)O)o1. The molecule has 1 aromatic heterocycles. The topological polar surface area (TPSA) is 201 Å². The molecule has 2 amide bonds. The molecule has 12 heteroatoms. The summed E-state index contributed by atoms with van der Waals surface area (Å²) in [6.45, 7) is 0. The maximum absolute atomic E-state index is 12.8. The van der Waals surface area contributed by atoms with Crippen LogP contribution in [0.15, 0.2) is 59.0 Å². The Morgan fingerprint density at radius 1 is 0.889 bits per heavy atom. The van der Waals surface area contributed by atoms with Gasteiger partial charge in [-0.3, -0.25) is 4.79 Å². The molecule has 12 nitrogen and oxygen atoms in total. The summed E-state index contributed by atoms with van der Waals surface area (Å²) in [4.78, 5) is 35.3. The molecule has 0 saturated heterocycles. The van der Waals surface area contributed by atoms with E-state index in [0.717, 1.165) is 5.56 Å². The fourth-order valence-electron chi connectivity index (χ4n) is 3.42. The maximum atomic E-state index is 12.8. The number of phenolic OH excluding ortho intramolecular Hbond substituents is 1. The van der Waals surface area contributed by atoms with Gasteiger partial charge >= 0.3 is 18.0 Å². The van der Waals surface area contributed by atoms with Gasteiger partial charge in [0.15, 0.2) is 0 Å². The number of aromatic hydroxyl groups is 1. The van der Waals surface area contributed by atoms with E-state index in [1.807, 2.05) is 0 Å². The molecule has 0 saturated carbocycles. The molecule has 190 valence electrons. The molecule has 0 spiro atoms. The lowest BCUT2D eigenvalue weighted by Crippen LogP contribution is -2.48. The van der Waals surface area contributed by atoms with Crippen molar-refractivity contribution in [2.75, 3.05) is 0 Å². The van der Waals surface area contributed by atoms with Gasteiger partial charge in [0.25, 0.3) is 0 Å². The van der Waals surface area contributed by atoms with E-state index in [4.69, 9.17) is 15.3 Å². The second kappa shape index (κ2) is 12.3. The van der Waals surface area contributed by atoms with Crippen molar-refractivity contribution < 1.29 is 34.1 Å². The van der Waals surface area contributed by atoms with Crippen molar-refractivity contribution in [2.24, 2.45) is 5.73 Å². The monoisotopic (exact) mass is 497 g/mol. The number of rotatable bonds is 12. The second-order valence-electron chi connectivity index (χ2n) is 8.14. The van der Waals surface area contributed by atoms with Crippen molar-refractivity contribution in [3.05, 3.63) is 77.5 Å². The lowest BCUT2D eigenvalue weighted by Gasteiger charge is -2.19. The van der Waals surface area contributed by atoms with Crippen molar-refractivity contribution in [3.63, 3.8) is 0 Å². The normalized spacial score (nSPS) is 13.4. The number of aromatic nitrogens is 2. The minimum Gasteiger partial charge on any atom is -0.508 e. The van der Waals surface area contributed by atoms with Gasteiger partial charge in [0.1, 0.15) is 17.8 Å². The first-order valence-electron chi connectivity index (χ1n) is 11.1. The summed E-state index contributed by atoms with van der Waals surface area (Å²) in [6, 6.07) is 11.5. The lowest BCUT2D eigenvalue weighted by molar-refractivity contribution is -0.139. The van der Waals surface area contributed by atoms with Crippen LogP contribution in [-0.4, -0.2) is 49.5 Å². The summed E-state index contributed by atoms with van der Waals surface area (Å²) in [6.07, 6.45) is 0.146. The molecule has 0 aliphatic rings. The summed E-state index contributed by atoms with van der Waals surface area (Å²) in [5.41, 5.74) is 7.40. The van der Waals surface area contributed by atoms with E-state index in [1.165, 1.54) is 12.1 Å². The van der Waals surface area contributed by atoms with E-state index < -0.39 is 36.1 Å². The van der Waals surface area contributed by atoms with E-state index in [0.29, 0.717) is 5.56 Å². The Bertz CT molecular complexity index is 1170. The first-order valence-corrected chi connectivity index (χ1v) is 11.1. The number of nitrogens with two attached hydrogens (primary N) is 1. The zero-order chi connectivity index (χ0) is 26.1. The number of carbonyl (C=O) groups is 3. The van der Waals surface area contributed by atoms with Crippen LogP contribution < -0.4 is 16.4 Å². The third kappa shape index (κ3) is 7.81. The number of urea groups is 1. The molecule has 0 bridgehead atoms. The number of carbonyl (C=O) groups excluding carboxylic acids is 1. The molecule has 3 rings (SSSR count). The van der Waals surface area contributed by atoms with Crippen molar-refractivity contribution in [3.8, 4) is 5.75 Å². The highest BCUT2D eigenvalue weighted by Gasteiger charge is 2.26. The van der Waals surface area contributed by atoms with Crippen LogP contribution in [0.25, 0.3) is 0 Å². The second-order valence-corrected chi connectivity index (χ2v) is 8.14. The number of amides is 2. The Hall–Kier alpha value is -4.45. The molecule has 3 aromatic rings. The minimum atomic E-state index is -1.20. The van der Waals surface area contributed by atoms with Gasteiger partial charge in [-0.15, -0.1) is 10.2 Å². The smallest absolute Gasteiger partial charge is 0.326 e. The molecule has 7 N–H and O–H groups in total. The average molecular weight is 498 g/mol. The highest BCUT2D eigenvalue weighted by atomic mass is 16.4. The Morgan fingerprint density at radius 2 is 1.53 bits per heavy atom. The molecule has 0 fully saturated rings. The van der Waals surface area contributed by atoms with Crippen molar-refractivity contribution in [1.29, 1.82) is 0 Å². The van der Waals surface area contributed by atoms with E-state index >= 15 is 0 Å². The van der Waals surface area contributed by atoms with Crippen molar-refractivity contribution in [1.82, 2.24) is 20.8 Å². The molecule has 2 unspecified atom stereocenters. The van der Waals surface area contributed by atoms with E-state index in [9.17, 15) is 24.6 Å². The molecule has 36 heavy (non-hydrogen) atoms. The number of carboxylic acid groups (broad SMARTS) is 2. The van der Waals surface area contributed by atoms with Crippen LogP contribution in [-0.2, 0) is 22.4 Å². The first-order chi connectivity index (χ1) is 17.2. The molecule has 0 radical (unpaired) electrons. The largest absolute Gasteiger partial charge is 0.508 e. The summed E-state index contributed by atoms with van der Waals surface area (Å²) in [5.74, 6) is -2.13. The van der Waals surface area contributed by atoms with Crippen LogP contribution in [0.2, 0.25) is 0 Å². The number of nitrogens with zero attached hydrogens (tertiary/aromatic N) is 2. The maximum Gasteiger partial charge on any atom is 0.326 e. The summed E-state index contributed by atoms with van der Waals surface area (Å²) >= 11 is 0. The number of nitrogens with one attached hydrogen (secondary N) is 2. The Morgan fingerprint density at radius 3 is 2.17 bits per heavy atom. The number of hydrogen-bond acceptors (Lipinski definition) is 8. The minimum absolute atomic E-state index is 0.00827. The van der Waals surface area contributed by atoms with Crippen LogP contribution in [0.5, 0.6) is 5.75 Å². The molecule has 0 aliphatic heterocycles. The van der Waals surface area contributed by atoms with Crippen LogP contribution in [0, 0.1) is 0 Å². The number of aliphatic carboxylic acids is 2. The highest BCUT2D eigenvalue weighted by Crippen LogP contribution is 2.22. The predicted molar refractivity (Wildman–Crippen MR) is 126 cm³/mol. The standard InChI is InChI=1S/C24H27N5O7/c25-17(10-11-20(31)32)21-28-29-22(36-21)18(12-15-6-8-16(30)9-7-15)26-24(35)27-19(23(33)34)13-14-4-2-1-3-5-14/h1-9,17-19,30H,10-13,25H2,(H,31,32)(H,33,34)(H2,26,27,35)/t17?,18-,19?/m0/s1. The van der Waals surface area contributed by atoms with Gasteiger partial charge in [-0.05, 0) is 29.7 Å². The Balaban J connectivity index is 1.75. The van der Waals surface area contributed by atoms with E-state index in [-0.39, 0.29) is 43.2 Å². The van der Waals surface area contributed by atoms with Gasteiger partial charge in [0.05, 0.1) is 6.04 Å². The molecule has 1 heterocycles. The third-order valence-electron chi connectivity index (χ3n) is 5.31. The zero-order valence-corrected chi connectivity index (χ0v) is 19.2. The summed E-state index contributed by atoms with van der Waals surface area (Å²) in [7, 11) is 0. The quantitative estimate of drug-likeness (QED) is 0.215. The molecule has 0 aliphatic carbocycles. The van der Waals surface area contributed by atoms with E-state index in [1.54, 1.807) is 42.5 Å². The van der Waals surface area contributed by atoms with Crippen LogP contribution in [0.4, 0.5) is 4.79 Å². The van der Waals surface area contributed by atoms with Crippen LogP contribution in [0.3, 0.4) is 0 Å². The number of hydrogen-bond donors (Lipinski definition) is 6.